The second kappa shape index (κ2) is 2.76. The zero-order chi connectivity index (χ0) is 7.84. The van der Waals surface area contributed by atoms with Crippen LogP contribution < -0.4 is 0 Å². The van der Waals surface area contributed by atoms with Gasteiger partial charge in [-0.25, -0.2) is 0 Å². The normalized spacial score (nSPS) is 38.5. The lowest BCUT2D eigenvalue weighted by atomic mass is 10.1. The molecule has 0 spiro atoms. The first-order chi connectivity index (χ1) is 5.25. The highest BCUT2D eigenvalue weighted by atomic mass is 15.4. The number of rotatable bonds is 1. The van der Waals surface area contributed by atoms with Crippen LogP contribution in [0.1, 0.15) is 20.3 Å². The Morgan fingerprint density at radius 3 is 2.73 bits per heavy atom. The monoisotopic (exact) mass is 154 g/mol. The van der Waals surface area contributed by atoms with Gasteiger partial charge in [0.25, 0.3) is 0 Å². The van der Waals surface area contributed by atoms with Crippen LogP contribution >= 0.6 is 0 Å². The molecule has 0 N–H and O–H groups in total. The summed E-state index contributed by atoms with van der Waals surface area (Å²) in [6, 6.07) is 0.735. The third-order valence-electron chi connectivity index (χ3n) is 2.97. The Balaban J connectivity index is 1.97. The Labute approximate surface area is 69.2 Å². The molecule has 0 aliphatic carbocycles. The molecule has 0 aromatic heterocycles. The molecule has 0 saturated carbocycles. The van der Waals surface area contributed by atoms with Gasteiger partial charge in [-0.3, -0.25) is 9.80 Å². The maximum absolute atomic E-state index is 2.58. The molecule has 2 saturated heterocycles. The van der Waals surface area contributed by atoms with Gasteiger partial charge in [0.05, 0.1) is 6.67 Å². The molecule has 2 nitrogen and oxygen atoms in total. The highest BCUT2D eigenvalue weighted by molar-refractivity contribution is 4.84. The number of fused-ring (bicyclic) bond motifs is 2. The summed E-state index contributed by atoms with van der Waals surface area (Å²) in [6.45, 7) is 9.86. The van der Waals surface area contributed by atoms with Gasteiger partial charge in [-0.1, -0.05) is 0 Å². The first-order valence-electron chi connectivity index (χ1n) is 4.72. The van der Waals surface area contributed by atoms with Crippen LogP contribution in [-0.2, 0) is 0 Å². The van der Waals surface area contributed by atoms with Gasteiger partial charge >= 0.3 is 0 Å². The molecule has 2 fully saturated rings. The Bertz CT molecular complexity index is 132. The van der Waals surface area contributed by atoms with Crippen LogP contribution in [-0.4, -0.2) is 42.1 Å². The van der Waals surface area contributed by atoms with Crippen molar-refractivity contribution >= 4 is 0 Å². The van der Waals surface area contributed by atoms with Crippen LogP contribution in [0.3, 0.4) is 0 Å². The van der Waals surface area contributed by atoms with Gasteiger partial charge in [0.15, 0.2) is 0 Å². The van der Waals surface area contributed by atoms with Crippen molar-refractivity contribution in [1.29, 1.82) is 0 Å². The molecule has 2 unspecified atom stereocenters. The Morgan fingerprint density at radius 2 is 2.09 bits per heavy atom. The molecule has 0 radical (unpaired) electrons. The quantitative estimate of drug-likeness (QED) is 0.556. The van der Waals surface area contributed by atoms with Gasteiger partial charge in [0.1, 0.15) is 0 Å². The van der Waals surface area contributed by atoms with Crippen molar-refractivity contribution in [2.24, 2.45) is 5.92 Å². The van der Waals surface area contributed by atoms with Crippen molar-refractivity contribution in [3.8, 4) is 0 Å². The standard InChI is InChI=1S/C9H18N2/c1-8(2)11-6-9-3-4-10(5-9)7-11/h8-9H,3-7H2,1-2H3. The van der Waals surface area contributed by atoms with Gasteiger partial charge in [0.2, 0.25) is 0 Å². The van der Waals surface area contributed by atoms with E-state index in [9.17, 15) is 0 Å². The number of hydrogen-bond acceptors (Lipinski definition) is 2. The SMILES string of the molecule is CC(C)N1CC2CCN(C2)C1. The lowest BCUT2D eigenvalue weighted by Crippen LogP contribution is -2.47. The van der Waals surface area contributed by atoms with E-state index < -0.39 is 0 Å². The van der Waals surface area contributed by atoms with Crippen LogP contribution in [0.2, 0.25) is 0 Å². The minimum Gasteiger partial charge on any atom is -0.290 e. The van der Waals surface area contributed by atoms with Crippen LogP contribution in [0.15, 0.2) is 0 Å². The van der Waals surface area contributed by atoms with Gasteiger partial charge in [-0.15, -0.1) is 0 Å². The predicted octanol–water partition coefficient (Wildman–Crippen LogP) is 0.990. The summed E-state index contributed by atoms with van der Waals surface area (Å²) in [5, 5.41) is 0. The molecule has 2 aliphatic rings. The van der Waals surface area contributed by atoms with Crippen LogP contribution in [0, 0.1) is 5.92 Å². The molecule has 2 atom stereocenters. The first-order valence-corrected chi connectivity index (χ1v) is 4.72. The first kappa shape index (κ1) is 7.56. The molecule has 0 amide bonds. The van der Waals surface area contributed by atoms with E-state index >= 15 is 0 Å². The van der Waals surface area contributed by atoms with Gasteiger partial charge in [-0.2, -0.15) is 0 Å². The number of hydrogen-bond donors (Lipinski definition) is 0. The van der Waals surface area contributed by atoms with Gasteiger partial charge < -0.3 is 0 Å². The van der Waals surface area contributed by atoms with Crippen LogP contribution in [0.5, 0.6) is 0 Å². The molecule has 2 rings (SSSR count). The van der Waals surface area contributed by atoms with Crippen molar-refractivity contribution in [2.75, 3.05) is 26.3 Å². The second-order valence-corrected chi connectivity index (χ2v) is 4.24. The topological polar surface area (TPSA) is 6.48 Å². The second-order valence-electron chi connectivity index (χ2n) is 4.24. The average Bonchev–Trinajstić information content (AvgIpc) is 2.30. The molecule has 0 aromatic rings. The summed E-state index contributed by atoms with van der Waals surface area (Å²) in [6.07, 6.45) is 1.43. The minimum atomic E-state index is 0.735. The lowest BCUT2D eigenvalue weighted by molar-refractivity contribution is 0.0749. The van der Waals surface area contributed by atoms with E-state index in [-0.39, 0.29) is 0 Å². The van der Waals surface area contributed by atoms with E-state index in [0.29, 0.717) is 0 Å². The van der Waals surface area contributed by atoms with E-state index in [1.165, 1.54) is 32.7 Å². The smallest absolute Gasteiger partial charge is 0.0508 e. The zero-order valence-electron chi connectivity index (χ0n) is 7.58. The fourth-order valence-corrected chi connectivity index (χ4v) is 2.21. The van der Waals surface area contributed by atoms with Crippen molar-refractivity contribution in [1.82, 2.24) is 9.80 Å². The molecule has 2 heterocycles. The van der Waals surface area contributed by atoms with Crippen molar-refractivity contribution in [3.05, 3.63) is 0 Å². The van der Waals surface area contributed by atoms with Crippen LogP contribution in [0.4, 0.5) is 0 Å². The molecule has 64 valence electrons. The Morgan fingerprint density at radius 1 is 1.27 bits per heavy atom. The van der Waals surface area contributed by atoms with Gasteiger partial charge in [0, 0.05) is 19.1 Å². The largest absolute Gasteiger partial charge is 0.290 e. The highest BCUT2D eigenvalue weighted by Crippen LogP contribution is 2.23. The minimum absolute atomic E-state index is 0.735. The molecule has 0 aromatic carbocycles. The molecular weight excluding hydrogens is 136 g/mol. The molecule has 2 heteroatoms. The molecule has 11 heavy (non-hydrogen) atoms. The van der Waals surface area contributed by atoms with Crippen molar-refractivity contribution in [3.63, 3.8) is 0 Å². The Kier molecular flexibility index (Phi) is 1.90. The van der Waals surface area contributed by atoms with Crippen LogP contribution in [0.25, 0.3) is 0 Å². The number of nitrogens with zero attached hydrogens (tertiary/aromatic N) is 2. The fraction of sp³-hybridized carbons (Fsp3) is 1.00. The van der Waals surface area contributed by atoms with E-state index in [0.717, 1.165) is 12.0 Å². The maximum atomic E-state index is 2.58. The predicted molar refractivity (Wildman–Crippen MR) is 46.4 cm³/mol. The molecule has 2 bridgehead atoms. The van der Waals surface area contributed by atoms with E-state index in [1.54, 1.807) is 0 Å². The summed E-state index contributed by atoms with van der Waals surface area (Å²) in [7, 11) is 0. The third kappa shape index (κ3) is 1.42. The summed E-state index contributed by atoms with van der Waals surface area (Å²) in [5.41, 5.74) is 0. The van der Waals surface area contributed by atoms with E-state index in [2.05, 4.69) is 23.6 Å². The van der Waals surface area contributed by atoms with Gasteiger partial charge in [-0.05, 0) is 32.7 Å². The van der Waals surface area contributed by atoms with Crippen molar-refractivity contribution < 1.29 is 0 Å². The summed E-state index contributed by atoms with van der Waals surface area (Å²) in [4.78, 5) is 5.16. The van der Waals surface area contributed by atoms with E-state index in [1.807, 2.05) is 0 Å². The third-order valence-corrected chi connectivity index (χ3v) is 2.97. The summed E-state index contributed by atoms with van der Waals surface area (Å²) in [5.74, 6) is 0.978. The lowest BCUT2D eigenvalue weighted by Gasteiger charge is -2.36. The van der Waals surface area contributed by atoms with E-state index in [4.69, 9.17) is 0 Å². The summed E-state index contributed by atoms with van der Waals surface area (Å²) >= 11 is 0. The average molecular weight is 154 g/mol. The maximum Gasteiger partial charge on any atom is 0.0508 e. The molecule has 2 aliphatic heterocycles. The summed E-state index contributed by atoms with van der Waals surface area (Å²) < 4.78 is 0. The van der Waals surface area contributed by atoms with Crippen molar-refractivity contribution in [2.45, 2.75) is 26.3 Å². The Hall–Kier alpha value is -0.0800. The molecular formula is C9H18N2. The highest BCUT2D eigenvalue weighted by Gasteiger charge is 2.31. The fourth-order valence-electron chi connectivity index (χ4n) is 2.21. The zero-order valence-corrected chi connectivity index (χ0v) is 7.58.